The van der Waals surface area contributed by atoms with Gasteiger partial charge in [0.2, 0.25) is 0 Å². The van der Waals surface area contributed by atoms with Crippen molar-refractivity contribution in [2.45, 2.75) is 19.4 Å². The molecule has 0 saturated heterocycles. The van der Waals surface area contributed by atoms with Crippen LogP contribution in [0.15, 0.2) is 42.5 Å². The van der Waals surface area contributed by atoms with Crippen LogP contribution in [0.3, 0.4) is 0 Å². The van der Waals surface area contributed by atoms with Crippen LogP contribution >= 0.6 is 0 Å². The lowest BCUT2D eigenvalue weighted by molar-refractivity contribution is 0.108. The van der Waals surface area contributed by atoms with Gasteiger partial charge in [0.25, 0.3) is 0 Å². The molecule has 19 heavy (non-hydrogen) atoms. The number of nitrogen functional groups attached to an aromatic ring is 1. The molecule has 0 amide bonds. The zero-order valence-corrected chi connectivity index (χ0v) is 10.8. The number of hydrogen-bond acceptors (Lipinski definition) is 2. The molecule has 4 heteroatoms. The van der Waals surface area contributed by atoms with E-state index in [-0.39, 0.29) is 0 Å². The first-order chi connectivity index (χ1) is 8.87. The van der Waals surface area contributed by atoms with Gasteiger partial charge in [0.15, 0.2) is 0 Å². The van der Waals surface area contributed by atoms with Gasteiger partial charge in [-0.25, -0.2) is 8.78 Å². The van der Waals surface area contributed by atoms with E-state index in [9.17, 15) is 8.78 Å². The van der Waals surface area contributed by atoms with Crippen LogP contribution in [0.1, 0.15) is 19.4 Å². The molecule has 0 radical (unpaired) electrons. The van der Waals surface area contributed by atoms with E-state index >= 15 is 0 Å². The van der Waals surface area contributed by atoms with Crippen LogP contribution in [0, 0.1) is 11.6 Å². The molecule has 0 aliphatic carbocycles. The highest BCUT2D eigenvalue weighted by Crippen LogP contribution is 2.29. The molecule has 0 saturated carbocycles. The first-order valence-electron chi connectivity index (χ1n) is 5.88. The predicted octanol–water partition coefficient (Wildman–Crippen LogP) is 3.86. The Bertz CT molecular complexity index is 559. The predicted molar refractivity (Wildman–Crippen MR) is 70.9 cm³/mol. The molecule has 2 nitrogen and oxygen atoms in total. The van der Waals surface area contributed by atoms with Crippen LogP contribution in [0.25, 0.3) is 0 Å². The molecule has 0 aliphatic heterocycles. The summed E-state index contributed by atoms with van der Waals surface area (Å²) in [5, 5.41) is 0. The van der Waals surface area contributed by atoms with E-state index in [1.165, 1.54) is 12.1 Å². The van der Waals surface area contributed by atoms with Gasteiger partial charge in [-0.1, -0.05) is 0 Å². The van der Waals surface area contributed by atoms with Gasteiger partial charge in [0, 0.05) is 17.3 Å². The first kappa shape index (κ1) is 13.3. The lowest BCUT2D eigenvalue weighted by Gasteiger charge is -2.27. The molecule has 2 rings (SSSR count). The first-order valence-corrected chi connectivity index (χ1v) is 5.88. The normalized spacial score (nSPS) is 11.4. The van der Waals surface area contributed by atoms with Gasteiger partial charge in [-0.3, -0.25) is 0 Å². The topological polar surface area (TPSA) is 35.2 Å². The molecule has 2 N–H and O–H groups in total. The van der Waals surface area contributed by atoms with E-state index in [0.29, 0.717) is 17.0 Å². The van der Waals surface area contributed by atoms with Crippen molar-refractivity contribution in [2.24, 2.45) is 0 Å². The third-order valence-corrected chi connectivity index (χ3v) is 2.81. The van der Waals surface area contributed by atoms with Gasteiger partial charge in [0.05, 0.1) is 0 Å². The minimum absolute atomic E-state index is 0.432. The van der Waals surface area contributed by atoms with E-state index in [4.69, 9.17) is 10.5 Å². The summed E-state index contributed by atoms with van der Waals surface area (Å²) in [6.45, 7) is 3.50. The van der Waals surface area contributed by atoms with E-state index in [0.717, 1.165) is 6.07 Å². The monoisotopic (exact) mass is 263 g/mol. The van der Waals surface area contributed by atoms with Gasteiger partial charge < -0.3 is 10.5 Å². The maximum Gasteiger partial charge on any atom is 0.129 e. The van der Waals surface area contributed by atoms with Crippen molar-refractivity contribution in [3.05, 3.63) is 59.7 Å². The quantitative estimate of drug-likeness (QED) is 0.853. The molecule has 100 valence electrons. The number of halogens is 2. The minimum Gasteiger partial charge on any atom is -0.483 e. The Morgan fingerprint density at radius 2 is 1.47 bits per heavy atom. The second kappa shape index (κ2) is 4.88. The molecule has 0 aromatic heterocycles. The molecule has 0 aliphatic rings. The third-order valence-electron chi connectivity index (χ3n) is 2.81. The summed E-state index contributed by atoms with van der Waals surface area (Å²) in [4.78, 5) is 0. The fourth-order valence-electron chi connectivity index (χ4n) is 1.79. The minimum atomic E-state index is -0.848. The van der Waals surface area contributed by atoms with E-state index in [1.54, 1.807) is 38.1 Å². The van der Waals surface area contributed by atoms with E-state index in [2.05, 4.69) is 0 Å². The van der Waals surface area contributed by atoms with Crippen LogP contribution in [0.5, 0.6) is 5.75 Å². The van der Waals surface area contributed by atoms with Gasteiger partial charge in [-0.05, 0) is 50.2 Å². The number of rotatable bonds is 3. The fourth-order valence-corrected chi connectivity index (χ4v) is 1.79. The Balaban J connectivity index is 2.28. The lowest BCUT2D eigenvalue weighted by Crippen LogP contribution is -2.25. The van der Waals surface area contributed by atoms with Crippen LogP contribution in [0.2, 0.25) is 0 Å². The molecule has 0 atom stereocenters. The second-order valence-corrected chi connectivity index (χ2v) is 4.84. The van der Waals surface area contributed by atoms with Crippen molar-refractivity contribution in [3.63, 3.8) is 0 Å². The van der Waals surface area contributed by atoms with Crippen LogP contribution in [0.4, 0.5) is 14.5 Å². The number of ether oxygens (including phenoxy) is 1. The SMILES string of the molecule is CC(C)(Oc1ccc(N)cc1)c1cc(F)cc(F)c1. The standard InChI is InChI=1S/C15H15F2NO/c1-15(2,10-7-11(16)9-12(17)8-10)19-14-5-3-13(18)4-6-14/h3-9H,18H2,1-2H3. The highest BCUT2D eigenvalue weighted by Gasteiger charge is 2.24. The molecule has 0 bridgehead atoms. The molecule has 0 heterocycles. The Morgan fingerprint density at radius 3 is 2.00 bits per heavy atom. The zero-order valence-electron chi connectivity index (χ0n) is 10.8. The number of benzene rings is 2. The molecule has 0 unspecified atom stereocenters. The maximum atomic E-state index is 13.2. The Morgan fingerprint density at radius 1 is 0.947 bits per heavy atom. The summed E-state index contributed by atoms with van der Waals surface area (Å²) >= 11 is 0. The number of anilines is 1. The molecule has 0 spiro atoms. The number of hydrogen-bond donors (Lipinski definition) is 1. The van der Waals surface area contributed by atoms with Crippen molar-refractivity contribution < 1.29 is 13.5 Å². The van der Waals surface area contributed by atoms with Crippen molar-refractivity contribution in [2.75, 3.05) is 5.73 Å². The fraction of sp³-hybridized carbons (Fsp3) is 0.200. The Labute approximate surface area is 110 Å². The van der Waals surface area contributed by atoms with Gasteiger partial charge in [-0.15, -0.1) is 0 Å². The van der Waals surface area contributed by atoms with Crippen LogP contribution in [-0.2, 0) is 5.60 Å². The van der Waals surface area contributed by atoms with E-state index < -0.39 is 17.2 Å². The van der Waals surface area contributed by atoms with Gasteiger partial charge in [0.1, 0.15) is 23.0 Å². The van der Waals surface area contributed by atoms with Crippen LogP contribution < -0.4 is 10.5 Å². The summed E-state index contributed by atoms with van der Waals surface area (Å²) in [7, 11) is 0. The second-order valence-electron chi connectivity index (χ2n) is 4.84. The molecule has 0 fully saturated rings. The molecule has 2 aromatic rings. The summed E-state index contributed by atoms with van der Waals surface area (Å²) in [6.07, 6.45) is 0. The molecular weight excluding hydrogens is 248 g/mol. The largest absolute Gasteiger partial charge is 0.483 e. The van der Waals surface area contributed by atoms with Gasteiger partial charge in [-0.2, -0.15) is 0 Å². The zero-order chi connectivity index (χ0) is 14.0. The maximum absolute atomic E-state index is 13.2. The molecular formula is C15H15F2NO. The highest BCUT2D eigenvalue weighted by atomic mass is 19.1. The average Bonchev–Trinajstić information content (AvgIpc) is 2.31. The van der Waals surface area contributed by atoms with Crippen molar-refractivity contribution in [1.82, 2.24) is 0 Å². The summed E-state index contributed by atoms with van der Waals surface area (Å²) in [5.74, 6) is -0.656. The smallest absolute Gasteiger partial charge is 0.129 e. The van der Waals surface area contributed by atoms with Gasteiger partial charge >= 0.3 is 0 Å². The Hall–Kier alpha value is -2.10. The summed E-state index contributed by atoms with van der Waals surface area (Å²) in [5.41, 5.74) is 5.80. The van der Waals surface area contributed by atoms with Crippen LogP contribution in [-0.4, -0.2) is 0 Å². The van der Waals surface area contributed by atoms with Crippen molar-refractivity contribution in [3.8, 4) is 5.75 Å². The summed E-state index contributed by atoms with van der Waals surface area (Å²) in [6, 6.07) is 10.2. The number of nitrogens with two attached hydrogens (primary N) is 1. The van der Waals surface area contributed by atoms with Crippen molar-refractivity contribution in [1.29, 1.82) is 0 Å². The summed E-state index contributed by atoms with van der Waals surface area (Å²) < 4.78 is 32.2. The Kier molecular flexibility index (Phi) is 3.42. The average molecular weight is 263 g/mol. The van der Waals surface area contributed by atoms with Crippen molar-refractivity contribution >= 4 is 5.69 Å². The van der Waals surface area contributed by atoms with E-state index in [1.807, 2.05) is 0 Å². The highest BCUT2D eigenvalue weighted by molar-refractivity contribution is 5.42. The third kappa shape index (κ3) is 3.22. The lowest BCUT2D eigenvalue weighted by atomic mass is 9.97. The molecule has 2 aromatic carbocycles.